The molecule has 0 unspecified atom stereocenters. The molecule has 2 rings (SSSR count). The van der Waals surface area contributed by atoms with Crippen molar-refractivity contribution in [2.75, 3.05) is 26.3 Å². The van der Waals surface area contributed by atoms with Crippen LogP contribution in [0, 0.1) is 5.92 Å². The molecular weight excluding hydrogens is 477 g/mol. The number of thiophene rings is 1. The summed E-state index contributed by atoms with van der Waals surface area (Å²) in [5, 5.41) is 8.71. The monoisotopic (exact) mass is 501 g/mol. The molecule has 0 atom stereocenters. The number of aliphatic imine (C=N–C) groups is 1. The van der Waals surface area contributed by atoms with Crippen molar-refractivity contribution in [3.63, 3.8) is 0 Å². The highest BCUT2D eigenvalue weighted by Crippen LogP contribution is 2.28. The first-order chi connectivity index (χ1) is 10.3. The van der Waals surface area contributed by atoms with E-state index in [0.29, 0.717) is 6.54 Å². The van der Waals surface area contributed by atoms with E-state index in [1.165, 1.54) is 17.7 Å². The van der Waals surface area contributed by atoms with Crippen molar-refractivity contribution in [1.29, 1.82) is 0 Å². The molecule has 0 bridgehead atoms. The maximum absolute atomic E-state index is 5.63. The molecule has 2 N–H and O–H groups in total. The molecule has 1 fully saturated rings. The number of guanidine groups is 1. The summed E-state index contributed by atoms with van der Waals surface area (Å²) in [7, 11) is 0. The van der Waals surface area contributed by atoms with Gasteiger partial charge in [0.25, 0.3) is 0 Å². The van der Waals surface area contributed by atoms with Crippen LogP contribution in [0.25, 0.3) is 0 Å². The summed E-state index contributed by atoms with van der Waals surface area (Å²) in [5.74, 6) is 1.73. The van der Waals surface area contributed by atoms with Gasteiger partial charge in [0, 0.05) is 41.0 Å². The van der Waals surface area contributed by atoms with Crippen LogP contribution in [-0.2, 0) is 11.3 Å². The second-order valence-electron chi connectivity index (χ2n) is 5.23. The van der Waals surface area contributed by atoms with E-state index in [1.54, 1.807) is 11.3 Å². The van der Waals surface area contributed by atoms with Crippen molar-refractivity contribution in [2.24, 2.45) is 10.9 Å². The highest BCUT2D eigenvalue weighted by Gasteiger charge is 2.20. The van der Waals surface area contributed by atoms with Gasteiger partial charge in [-0.2, -0.15) is 0 Å². The Bertz CT molecular complexity index is 452. The molecule has 0 spiro atoms. The molecule has 1 aromatic heterocycles. The Kier molecular flexibility index (Phi) is 10.7. The highest BCUT2D eigenvalue weighted by atomic mass is 127. The Labute approximate surface area is 162 Å². The summed E-state index contributed by atoms with van der Waals surface area (Å²) in [6.45, 7) is 6.34. The average Bonchev–Trinajstić information content (AvgIpc) is 3.21. The summed E-state index contributed by atoms with van der Waals surface area (Å²) >= 11 is 5.19. The van der Waals surface area contributed by atoms with Crippen LogP contribution in [0.4, 0.5) is 0 Å². The molecule has 0 amide bonds. The second-order valence-corrected chi connectivity index (χ2v) is 7.14. The Morgan fingerprint density at radius 3 is 2.91 bits per heavy atom. The molecule has 4 nitrogen and oxygen atoms in total. The van der Waals surface area contributed by atoms with E-state index < -0.39 is 0 Å². The molecule has 1 aromatic rings. The lowest BCUT2D eigenvalue weighted by atomic mass is 10.4. The van der Waals surface area contributed by atoms with Crippen molar-refractivity contribution in [1.82, 2.24) is 10.6 Å². The normalized spacial score (nSPS) is 14.5. The number of hydrogen-bond donors (Lipinski definition) is 2. The maximum atomic E-state index is 5.63. The number of rotatable bonds is 9. The van der Waals surface area contributed by atoms with Gasteiger partial charge >= 0.3 is 0 Å². The fourth-order valence-corrected chi connectivity index (χ4v) is 3.23. The van der Waals surface area contributed by atoms with Gasteiger partial charge in [-0.1, -0.05) is 0 Å². The van der Waals surface area contributed by atoms with Gasteiger partial charge in [0.15, 0.2) is 5.96 Å². The van der Waals surface area contributed by atoms with Crippen LogP contribution in [0.2, 0.25) is 0 Å². The molecule has 0 aliphatic heterocycles. The van der Waals surface area contributed by atoms with Crippen LogP contribution in [0.15, 0.2) is 20.9 Å². The minimum absolute atomic E-state index is 0. The van der Waals surface area contributed by atoms with Gasteiger partial charge < -0.3 is 15.4 Å². The van der Waals surface area contributed by atoms with Crippen molar-refractivity contribution in [2.45, 2.75) is 32.7 Å². The van der Waals surface area contributed by atoms with Crippen LogP contribution < -0.4 is 10.6 Å². The topological polar surface area (TPSA) is 45.7 Å². The Hall–Kier alpha value is 0.140. The van der Waals surface area contributed by atoms with Crippen LogP contribution >= 0.6 is 51.2 Å². The first-order valence-corrected chi connectivity index (χ1v) is 9.28. The minimum Gasteiger partial charge on any atom is -0.381 e. The third kappa shape index (κ3) is 8.69. The second kappa shape index (κ2) is 11.6. The van der Waals surface area contributed by atoms with Gasteiger partial charge in [-0.25, -0.2) is 4.99 Å². The van der Waals surface area contributed by atoms with Crippen LogP contribution in [0.5, 0.6) is 0 Å². The maximum Gasteiger partial charge on any atom is 0.191 e. The van der Waals surface area contributed by atoms with Crippen molar-refractivity contribution < 1.29 is 4.74 Å². The standard InChI is InChI=1S/C15H24BrN3OS.HI/c1-2-17-15(19-9-14-8-13(16)11-21-14)18-6-3-7-20-10-12-4-5-12;/h8,11-12H,2-7,9-10H2,1H3,(H2,17,18,19);1H. The van der Waals surface area contributed by atoms with Gasteiger partial charge in [-0.3, -0.25) is 0 Å². The van der Waals surface area contributed by atoms with Gasteiger partial charge in [-0.15, -0.1) is 35.3 Å². The zero-order chi connectivity index (χ0) is 14.9. The first kappa shape index (κ1) is 20.2. The number of nitrogens with zero attached hydrogens (tertiary/aromatic N) is 1. The molecule has 0 radical (unpaired) electrons. The summed E-state index contributed by atoms with van der Waals surface area (Å²) in [5.41, 5.74) is 0. The van der Waals surface area contributed by atoms with Crippen molar-refractivity contribution in [3.8, 4) is 0 Å². The van der Waals surface area contributed by atoms with Crippen molar-refractivity contribution in [3.05, 3.63) is 20.8 Å². The van der Waals surface area contributed by atoms with Crippen molar-refractivity contribution >= 4 is 57.2 Å². The average molecular weight is 502 g/mol. The lowest BCUT2D eigenvalue weighted by molar-refractivity contribution is 0.123. The molecule has 0 saturated heterocycles. The quantitative estimate of drug-likeness (QED) is 0.232. The van der Waals surface area contributed by atoms with E-state index in [9.17, 15) is 0 Å². The highest BCUT2D eigenvalue weighted by molar-refractivity contribution is 14.0. The smallest absolute Gasteiger partial charge is 0.191 e. The Morgan fingerprint density at radius 2 is 2.27 bits per heavy atom. The van der Waals surface area contributed by atoms with Crippen LogP contribution in [0.1, 0.15) is 31.1 Å². The summed E-state index contributed by atoms with van der Waals surface area (Å²) in [6.07, 6.45) is 3.73. The predicted molar refractivity (Wildman–Crippen MR) is 108 cm³/mol. The zero-order valence-electron chi connectivity index (χ0n) is 12.9. The summed E-state index contributed by atoms with van der Waals surface area (Å²) in [6, 6.07) is 2.11. The molecule has 22 heavy (non-hydrogen) atoms. The molecule has 1 aliphatic carbocycles. The number of ether oxygens (including phenoxy) is 1. The van der Waals surface area contributed by atoms with E-state index in [0.717, 1.165) is 49.1 Å². The third-order valence-corrected chi connectivity index (χ3v) is 4.85. The third-order valence-electron chi connectivity index (χ3n) is 3.17. The van der Waals surface area contributed by atoms with Gasteiger partial charge in [-0.05, 0) is 54.1 Å². The molecular formula is C15H25BrIN3OS. The zero-order valence-corrected chi connectivity index (χ0v) is 17.7. The van der Waals surface area contributed by atoms with E-state index in [-0.39, 0.29) is 24.0 Å². The van der Waals surface area contributed by atoms with E-state index >= 15 is 0 Å². The lowest BCUT2D eigenvalue weighted by Crippen LogP contribution is -2.38. The van der Waals surface area contributed by atoms with Gasteiger partial charge in [0.1, 0.15) is 0 Å². The van der Waals surface area contributed by atoms with E-state index in [1.807, 2.05) is 0 Å². The Balaban J connectivity index is 0.00000242. The number of nitrogens with one attached hydrogen (secondary N) is 2. The molecule has 7 heteroatoms. The molecule has 1 aliphatic rings. The lowest BCUT2D eigenvalue weighted by Gasteiger charge is -2.11. The van der Waals surface area contributed by atoms with Gasteiger partial charge in [0.05, 0.1) is 6.54 Å². The molecule has 126 valence electrons. The number of halogens is 2. The van der Waals surface area contributed by atoms with E-state index in [4.69, 9.17) is 4.74 Å². The number of hydrogen-bond acceptors (Lipinski definition) is 3. The first-order valence-electron chi connectivity index (χ1n) is 7.60. The largest absolute Gasteiger partial charge is 0.381 e. The minimum atomic E-state index is 0. The summed E-state index contributed by atoms with van der Waals surface area (Å²) < 4.78 is 6.76. The Morgan fingerprint density at radius 1 is 1.45 bits per heavy atom. The summed E-state index contributed by atoms with van der Waals surface area (Å²) in [4.78, 5) is 5.85. The predicted octanol–water partition coefficient (Wildman–Crippen LogP) is 4.00. The fourth-order valence-electron chi connectivity index (χ4n) is 1.85. The molecule has 0 aromatic carbocycles. The van der Waals surface area contributed by atoms with E-state index in [2.05, 4.69) is 49.9 Å². The molecule has 1 saturated carbocycles. The van der Waals surface area contributed by atoms with Gasteiger partial charge in [0.2, 0.25) is 0 Å². The fraction of sp³-hybridized carbons (Fsp3) is 0.667. The molecule has 1 heterocycles. The van der Waals surface area contributed by atoms with Crippen LogP contribution in [0.3, 0.4) is 0 Å². The van der Waals surface area contributed by atoms with Crippen LogP contribution in [-0.4, -0.2) is 32.3 Å². The SMILES string of the molecule is CCNC(=NCc1cc(Br)cs1)NCCCOCC1CC1.I.